The van der Waals surface area contributed by atoms with Gasteiger partial charge in [-0.05, 0) is 56.0 Å². The van der Waals surface area contributed by atoms with E-state index in [1.54, 1.807) is 0 Å². The van der Waals surface area contributed by atoms with Gasteiger partial charge in [0.05, 0.1) is 6.54 Å². The van der Waals surface area contributed by atoms with Gasteiger partial charge in [-0.15, -0.1) is 0 Å². The van der Waals surface area contributed by atoms with Crippen LogP contribution in [0, 0.1) is 17.8 Å². The fraction of sp³-hybridized carbons (Fsp3) is 0.556. The molecule has 2 rings (SSSR count). The molecule has 0 saturated carbocycles. The summed E-state index contributed by atoms with van der Waals surface area (Å²) < 4.78 is 0. The van der Waals surface area contributed by atoms with E-state index in [4.69, 9.17) is 5.73 Å². The average molecular weight is 270 g/mol. The first kappa shape index (κ1) is 15.1. The largest absolute Gasteiger partial charge is 0.320 e. The lowest BCUT2D eigenvalue weighted by atomic mass is 9.98. The molecule has 1 heterocycles. The van der Waals surface area contributed by atoms with Crippen molar-refractivity contribution in [1.29, 1.82) is 0 Å². The standard InChI is InChI=1S/C18H26N2/c1-2-16-6-4-13-20(14-11-16)15-18-9-7-17(8-10-18)5-3-12-19/h7-10,16H,2,4,6,11-15,19H2,1H3. The van der Waals surface area contributed by atoms with Gasteiger partial charge in [-0.3, -0.25) is 4.90 Å². The Morgan fingerprint density at radius 1 is 1.20 bits per heavy atom. The van der Waals surface area contributed by atoms with Crippen molar-refractivity contribution in [3.63, 3.8) is 0 Å². The second-order valence-electron chi connectivity index (χ2n) is 5.68. The summed E-state index contributed by atoms with van der Waals surface area (Å²) in [5, 5.41) is 0. The minimum atomic E-state index is 0.425. The lowest BCUT2D eigenvalue weighted by molar-refractivity contribution is 0.272. The summed E-state index contributed by atoms with van der Waals surface area (Å²) >= 11 is 0. The molecule has 2 N–H and O–H groups in total. The van der Waals surface area contributed by atoms with E-state index in [-0.39, 0.29) is 0 Å². The zero-order valence-electron chi connectivity index (χ0n) is 12.6. The monoisotopic (exact) mass is 270 g/mol. The molecule has 0 amide bonds. The van der Waals surface area contributed by atoms with Crippen LogP contribution < -0.4 is 5.73 Å². The fourth-order valence-corrected chi connectivity index (χ4v) is 2.90. The van der Waals surface area contributed by atoms with E-state index in [0.29, 0.717) is 6.54 Å². The third-order valence-corrected chi connectivity index (χ3v) is 4.21. The van der Waals surface area contributed by atoms with Crippen molar-refractivity contribution in [2.75, 3.05) is 19.6 Å². The second kappa shape index (κ2) is 8.09. The summed E-state index contributed by atoms with van der Waals surface area (Å²) in [6.45, 7) is 6.30. The molecule has 108 valence electrons. The first-order chi connectivity index (χ1) is 9.81. The van der Waals surface area contributed by atoms with Gasteiger partial charge in [-0.2, -0.15) is 0 Å². The van der Waals surface area contributed by atoms with Crippen molar-refractivity contribution in [2.45, 2.75) is 39.2 Å². The van der Waals surface area contributed by atoms with Gasteiger partial charge in [0.15, 0.2) is 0 Å². The Kier molecular flexibility index (Phi) is 6.11. The molecule has 2 nitrogen and oxygen atoms in total. The quantitative estimate of drug-likeness (QED) is 0.856. The molecule has 0 bridgehead atoms. The smallest absolute Gasteiger partial charge is 0.0555 e. The molecule has 1 aromatic rings. The lowest BCUT2D eigenvalue weighted by Gasteiger charge is -2.20. The van der Waals surface area contributed by atoms with E-state index in [2.05, 4.69) is 47.9 Å². The van der Waals surface area contributed by atoms with Gasteiger partial charge < -0.3 is 5.73 Å². The Labute approximate surface area is 123 Å². The summed E-state index contributed by atoms with van der Waals surface area (Å²) in [5.74, 6) is 6.90. The topological polar surface area (TPSA) is 29.3 Å². The zero-order valence-corrected chi connectivity index (χ0v) is 12.6. The third-order valence-electron chi connectivity index (χ3n) is 4.21. The highest BCUT2D eigenvalue weighted by Gasteiger charge is 2.15. The maximum absolute atomic E-state index is 5.39. The van der Waals surface area contributed by atoms with Crippen LogP contribution in [0.4, 0.5) is 0 Å². The number of likely N-dealkylation sites (tertiary alicyclic amines) is 1. The molecular weight excluding hydrogens is 244 g/mol. The Morgan fingerprint density at radius 2 is 2.00 bits per heavy atom. The van der Waals surface area contributed by atoms with Crippen LogP contribution in [0.15, 0.2) is 24.3 Å². The highest BCUT2D eigenvalue weighted by Crippen LogP contribution is 2.21. The molecule has 1 aromatic carbocycles. The Balaban J connectivity index is 1.89. The van der Waals surface area contributed by atoms with Crippen LogP contribution in [0.5, 0.6) is 0 Å². The minimum absolute atomic E-state index is 0.425. The molecule has 0 spiro atoms. The maximum atomic E-state index is 5.39. The maximum Gasteiger partial charge on any atom is 0.0555 e. The van der Waals surface area contributed by atoms with Gasteiger partial charge in [0.1, 0.15) is 0 Å². The molecule has 1 unspecified atom stereocenters. The van der Waals surface area contributed by atoms with Crippen LogP contribution in [-0.2, 0) is 6.54 Å². The first-order valence-electron chi connectivity index (χ1n) is 7.82. The lowest BCUT2D eigenvalue weighted by Crippen LogP contribution is -2.24. The third kappa shape index (κ3) is 4.67. The van der Waals surface area contributed by atoms with E-state index in [1.807, 2.05) is 0 Å². The fourth-order valence-electron chi connectivity index (χ4n) is 2.90. The molecule has 1 atom stereocenters. The van der Waals surface area contributed by atoms with Gasteiger partial charge in [0.2, 0.25) is 0 Å². The molecule has 0 radical (unpaired) electrons. The number of nitrogens with two attached hydrogens (primary N) is 1. The first-order valence-corrected chi connectivity index (χ1v) is 7.82. The van der Waals surface area contributed by atoms with Crippen LogP contribution in [0.25, 0.3) is 0 Å². The van der Waals surface area contributed by atoms with Crippen molar-refractivity contribution in [3.05, 3.63) is 35.4 Å². The predicted octanol–water partition coefficient (Wildman–Crippen LogP) is 3.01. The average Bonchev–Trinajstić information content (AvgIpc) is 2.72. The van der Waals surface area contributed by atoms with Crippen molar-refractivity contribution < 1.29 is 0 Å². The Hall–Kier alpha value is -1.30. The van der Waals surface area contributed by atoms with E-state index >= 15 is 0 Å². The second-order valence-corrected chi connectivity index (χ2v) is 5.68. The predicted molar refractivity (Wildman–Crippen MR) is 85.3 cm³/mol. The number of rotatable bonds is 3. The molecular formula is C18H26N2. The normalized spacial score (nSPS) is 20.0. The van der Waals surface area contributed by atoms with Crippen molar-refractivity contribution in [1.82, 2.24) is 4.90 Å². The van der Waals surface area contributed by atoms with Gasteiger partial charge in [0, 0.05) is 12.1 Å². The van der Waals surface area contributed by atoms with Gasteiger partial charge in [-0.1, -0.05) is 37.3 Å². The van der Waals surface area contributed by atoms with Crippen LogP contribution in [-0.4, -0.2) is 24.5 Å². The minimum Gasteiger partial charge on any atom is -0.320 e. The number of nitrogens with zero attached hydrogens (tertiary/aromatic N) is 1. The zero-order chi connectivity index (χ0) is 14.2. The highest BCUT2D eigenvalue weighted by molar-refractivity contribution is 5.36. The summed E-state index contributed by atoms with van der Waals surface area (Å²) in [4.78, 5) is 2.59. The summed E-state index contributed by atoms with van der Waals surface area (Å²) in [5.41, 5.74) is 7.83. The Bertz CT molecular complexity index is 453. The number of hydrogen-bond acceptors (Lipinski definition) is 2. The van der Waals surface area contributed by atoms with Gasteiger partial charge in [-0.25, -0.2) is 0 Å². The Morgan fingerprint density at radius 3 is 2.70 bits per heavy atom. The molecule has 1 fully saturated rings. The van der Waals surface area contributed by atoms with Crippen molar-refractivity contribution in [3.8, 4) is 11.8 Å². The highest BCUT2D eigenvalue weighted by atomic mass is 15.1. The van der Waals surface area contributed by atoms with E-state index in [1.165, 1.54) is 44.3 Å². The molecule has 1 saturated heterocycles. The van der Waals surface area contributed by atoms with E-state index < -0.39 is 0 Å². The van der Waals surface area contributed by atoms with Crippen LogP contribution >= 0.6 is 0 Å². The summed E-state index contributed by atoms with van der Waals surface area (Å²) in [7, 11) is 0. The SMILES string of the molecule is CCC1CCCN(Cc2ccc(C#CCN)cc2)CC1. The van der Waals surface area contributed by atoms with Gasteiger partial charge >= 0.3 is 0 Å². The van der Waals surface area contributed by atoms with Crippen molar-refractivity contribution in [2.24, 2.45) is 11.7 Å². The van der Waals surface area contributed by atoms with Gasteiger partial charge in [0.25, 0.3) is 0 Å². The summed E-state index contributed by atoms with van der Waals surface area (Å²) in [6, 6.07) is 8.60. The molecule has 1 aliphatic rings. The summed E-state index contributed by atoms with van der Waals surface area (Å²) in [6.07, 6.45) is 5.44. The molecule has 0 aromatic heterocycles. The van der Waals surface area contributed by atoms with Crippen molar-refractivity contribution >= 4 is 0 Å². The van der Waals surface area contributed by atoms with Crippen LogP contribution in [0.3, 0.4) is 0 Å². The molecule has 2 heteroatoms. The molecule has 20 heavy (non-hydrogen) atoms. The number of hydrogen-bond donors (Lipinski definition) is 1. The van der Waals surface area contributed by atoms with E-state index in [0.717, 1.165) is 18.0 Å². The van der Waals surface area contributed by atoms with Crippen LogP contribution in [0.1, 0.15) is 43.7 Å². The number of benzene rings is 1. The van der Waals surface area contributed by atoms with Crippen LogP contribution in [0.2, 0.25) is 0 Å². The molecule has 1 aliphatic heterocycles. The van der Waals surface area contributed by atoms with E-state index in [9.17, 15) is 0 Å². The molecule has 0 aliphatic carbocycles.